The molecule has 4 nitrogen and oxygen atoms in total. The Bertz CT molecular complexity index is 515. The lowest BCUT2D eigenvalue weighted by molar-refractivity contribution is -0.126. The molecule has 3 N–H and O–H groups in total. The second kappa shape index (κ2) is 7.34. The number of nitrogens with one attached hydrogen (secondary N) is 1. The van der Waals surface area contributed by atoms with Crippen molar-refractivity contribution in [3.63, 3.8) is 0 Å². The fraction of sp³-hybridized carbons (Fsp3) is 0.588. The van der Waals surface area contributed by atoms with Gasteiger partial charge in [-0.25, -0.2) is 0 Å². The molecular formula is C17H25ClN2O2. The molecular weight excluding hydrogens is 300 g/mol. The third-order valence-electron chi connectivity index (χ3n) is 4.71. The minimum Gasteiger partial charge on any atom is -0.492 e. The lowest BCUT2D eigenvalue weighted by atomic mass is 9.82. The molecule has 0 saturated heterocycles. The minimum atomic E-state index is -0.207. The number of rotatable bonds is 3. The fourth-order valence-corrected chi connectivity index (χ4v) is 3.34. The fourth-order valence-electron chi connectivity index (χ4n) is 3.34. The highest BCUT2D eigenvalue weighted by Crippen LogP contribution is 2.28. The van der Waals surface area contributed by atoms with Crippen LogP contribution in [0.5, 0.6) is 5.75 Å². The molecule has 1 aromatic carbocycles. The van der Waals surface area contributed by atoms with Crippen LogP contribution in [0.25, 0.3) is 0 Å². The number of amides is 1. The molecule has 5 heteroatoms. The molecule has 0 spiro atoms. The van der Waals surface area contributed by atoms with E-state index < -0.39 is 0 Å². The number of ether oxygens (including phenoxy) is 1. The van der Waals surface area contributed by atoms with E-state index in [9.17, 15) is 4.79 Å². The van der Waals surface area contributed by atoms with Gasteiger partial charge in [0, 0.05) is 12.1 Å². The first-order valence-electron chi connectivity index (χ1n) is 7.94. The Morgan fingerprint density at radius 2 is 2.00 bits per heavy atom. The van der Waals surface area contributed by atoms with Crippen molar-refractivity contribution in [2.75, 3.05) is 13.2 Å². The summed E-state index contributed by atoms with van der Waals surface area (Å²) in [5.41, 5.74) is 7.28. The van der Waals surface area contributed by atoms with Gasteiger partial charge in [0.2, 0.25) is 5.91 Å². The molecule has 1 aliphatic heterocycles. The van der Waals surface area contributed by atoms with Gasteiger partial charge >= 0.3 is 0 Å². The number of hydrogen-bond acceptors (Lipinski definition) is 3. The van der Waals surface area contributed by atoms with Crippen LogP contribution in [0, 0.1) is 5.92 Å². The molecule has 1 aromatic rings. The van der Waals surface area contributed by atoms with E-state index in [4.69, 9.17) is 10.5 Å². The van der Waals surface area contributed by atoms with Gasteiger partial charge in [-0.15, -0.1) is 12.4 Å². The zero-order chi connectivity index (χ0) is 14.7. The standard InChI is InChI=1S/C17H24N2O2.ClH/c18-17(8-4-1-5-9-17)12-19-16(20)14-10-13-6-2-3-7-15(13)21-11-14;/h2-3,6-7,14H,1,4-5,8-12,18H2,(H,19,20);1H. The van der Waals surface area contributed by atoms with Crippen molar-refractivity contribution < 1.29 is 9.53 Å². The molecule has 1 aliphatic carbocycles. The van der Waals surface area contributed by atoms with E-state index in [0.29, 0.717) is 13.2 Å². The van der Waals surface area contributed by atoms with E-state index in [0.717, 1.165) is 30.6 Å². The first-order valence-corrected chi connectivity index (χ1v) is 7.94. The molecule has 1 heterocycles. The van der Waals surface area contributed by atoms with Gasteiger partial charge in [0.25, 0.3) is 0 Å². The highest BCUT2D eigenvalue weighted by atomic mass is 35.5. The van der Waals surface area contributed by atoms with Crippen LogP contribution in [0.2, 0.25) is 0 Å². The van der Waals surface area contributed by atoms with E-state index in [-0.39, 0.29) is 29.8 Å². The number of fused-ring (bicyclic) bond motifs is 1. The summed E-state index contributed by atoms with van der Waals surface area (Å²) in [7, 11) is 0. The van der Waals surface area contributed by atoms with Crippen molar-refractivity contribution in [2.45, 2.75) is 44.1 Å². The smallest absolute Gasteiger partial charge is 0.226 e. The lowest BCUT2D eigenvalue weighted by Crippen LogP contribution is -2.52. The van der Waals surface area contributed by atoms with Crippen LogP contribution in [0.1, 0.15) is 37.7 Å². The number of carbonyl (C=O) groups excluding carboxylic acids is 1. The second-order valence-corrected chi connectivity index (χ2v) is 6.46. The predicted molar refractivity (Wildman–Crippen MR) is 89.4 cm³/mol. The van der Waals surface area contributed by atoms with Crippen molar-refractivity contribution in [3.05, 3.63) is 29.8 Å². The number of hydrogen-bond donors (Lipinski definition) is 2. The van der Waals surface area contributed by atoms with Crippen LogP contribution in [-0.2, 0) is 11.2 Å². The maximum atomic E-state index is 12.3. The highest BCUT2D eigenvalue weighted by molar-refractivity contribution is 5.85. The lowest BCUT2D eigenvalue weighted by Gasteiger charge is -2.34. The van der Waals surface area contributed by atoms with Crippen LogP contribution < -0.4 is 15.8 Å². The molecule has 0 radical (unpaired) electrons. The van der Waals surface area contributed by atoms with E-state index in [1.54, 1.807) is 0 Å². The van der Waals surface area contributed by atoms with Gasteiger partial charge in [-0.2, -0.15) is 0 Å². The van der Waals surface area contributed by atoms with E-state index >= 15 is 0 Å². The molecule has 0 aromatic heterocycles. The van der Waals surface area contributed by atoms with E-state index in [2.05, 4.69) is 5.32 Å². The summed E-state index contributed by atoms with van der Waals surface area (Å²) in [6, 6.07) is 7.93. The SMILES string of the molecule is Cl.NC1(CNC(=O)C2COc3ccccc3C2)CCCCC1. The zero-order valence-electron chi connectivity index (χ0n) is 12.8. The molecule has 2 aliphatic rings. The predicted octanol–water partition coefficient (Wildman–Crippen LogP) is 2.44. The summed E-state index contributed by atoms with van der Waals surface area (Å²) in [6.45, 7) is 1.05. The summed E-state index contributed by atoms with van der Waals surface area (Å²) >= 11 is 0. The largest absolute Gasteiger partial charge is 0.492 e. The molecule has 3 rings (SSSR count). The van der Waals surface area contributed by atoms with Crippen LogP contribution in [0.15, 0.2) is 24.3 Å². The van der Waals surface area contributed by atoms with E-state index in [1.165, 1.54) is 19.3 Å². The Hall–Kier alpha value is -1.26. The average Bonchev–Trinajstić information content (AvgIpc) is 2.53. The van der Waals surface area contributed by atoms with Crippen LogP contribution in [0.3, 0.4) is 0 Å². The Morgan fingerprint density at radius 3 is 2.77 bits per heavy atom. The topological polar surface area (TPSA) is 64.3 Å². The zero-order valence-corrected chi connectivity index (χ0v) is 13.7. The summed E-state index contributed by atoms with van der Waals surface area (Å²) < 4.78 is 5.68. The van der Waals surface area contributed by atoms with E-state index in [1.807, 2.05) is 24.3 Å². The Morgan fingerprint density at radius 1 is 1.27 bits per heavy atom. The Labute approximate surface area is 138 Å². The van der Waals surface area contributed by atoms with Crippen molar-refractivity contribution in [2.24, 2.45) is 11.7 Å². The molecule has 1 amide bonds. The molecule has 1 saturated carbocycles. The summed E-state index contributed by atoms with van der Waals surface area (Å²) in [5, 5.41) is 3.05. The third kappa shape index (κ3) is 3.93. The molecule has 1 atom stereocenters. The number of para-hydroxylation sites is 1. The van der Waals surface area contributed by atoms with Gasteiger partial charge < -0.3 is 15.8 Å². The van der Waals surface area contributed by atoms with Gasteiger partial charge in [0.15, 0.2) is 0 Å². The number of halogens is 1. The van der Waals surface area contributed by atoms with Crippen molar-refractivity contribution in [1.29, 1.82) is 0 Å². The number of carbonyl (C=O) groups is 1. The first kappa shape index (κ1) is 17.1. The van der Waals surface area contributed by atoms with Gasteiger partial charge in [0.1, 0.15) is 12.4 Å². The van der Waals surface area contributed by atoms with Crippen LogP contribution in [-0.4, -0.2) is 24.6 Å². The maximum absolute atomic E-state index is 12.3. The number of benzene rings is 1. The van der Waals surface area contributed by atoms with Gasteiger partial charge in [-0.1, -0.05) is 37.5 Å². The van der Waals surface area contributed by atoms with Crippen LogP contribution in [0.4, 0.5) is 0 Å². The molecule has 1 fully saturated rings. The van der Waals surface area contributed by atoms with Crippen molar-refractivity contribution >= 4 is 18.3 Å². The van der Waals surface area contributed by atoms with Gasteiger partial charge in [0.05, 0.1) is 5.92 Å². The number of nitrogens with two attached hydrogens (primary N) is 1. The monoisotopic (exact) mass is 324 g/mol. The molecule has 122 valence electrons. The first-order chi connectivity index (χ1) is 10.2. The highest BCUT2D eigenvalue weighted by Gasteiger charge is 2.30. The minimum absolute atomic E-state index is 0. The van der Waals surface area contributed by atoms with Gasteiger partial charge in [-0.05, 0) is 30.9 Å². The van der Waals surface area contributed by atoms with Crippen molar-refractivity contribution in [3.8, 4) is 5.75 Å². The Kier molecular flexibility index (Phi) is 5.70. The Balaban J connectivity index is 0.00000176. The van der Waals surface area contributed by atoms with Gasteiger partial charge in [-0.3, -0.25) is 4.79 Å². The summed E-state index contributed by atoms with van der Waals surface area (Å²) in [5.74, 6) is 0.871. The normalized spacial score (nSPS) is 22.7. The summed E-state index contributed by atoms with van der Waals surface area (Å²) in [6.07, 6.45) is 6.38. The van der Waals surface area contributed by atoms with Crippen molar-refractivity contribution in [1.82, 2.24) is 5.32 Å². The average molecular weight is 325 g/mol. The third-order valence-corrected chi connectivity index (χ3v) is 4.71. The summed E-state index contributed by atoms with van der Waals surface area (Å²) in [4.78, 5) is 12.3. The maximum Gasteiger partial charge on any atom is 0.226 e. The second-order valence-electron chi connectivity index (χ2n) is 6.46. The molecule has 0 bridgehead atoms. The molecule has 22 heavy (non-hydrogen) atoms. The van der Waals surface area contributed by atoms with Crippen LogP contribution >= 0.6 is 12.4 Å². The quantitative estimate of drug-likeness (QED) is 0.897. The molecule has 1 unspecified atom stereocenters.